The Morgan fingerprint density at radius 2 is 2.06 bits per heavy atom. The normalized spacial score (nSPS) is 17.5. The minimum atomic E-state index is -0.828. The van der Waals surface area contributed by atoms with Crippen LogP contribution < -0.4 is 5.73 Å². The van der Waals surface area contributed by atoms with E-state index < -0.39 is 5.54 Å². The van der Waals surface area contributed by atoms with E-state index in [1.807, 2.05) is 66.6 Å². The van der Waals surface area contributed by atoms with Gasteiger partial charge >= 0.3 is 0 Å². The second-order valence-corrected chi connectivity index (χ2v) is 11.0. The van der Waals surface area contributed by atoms with Crippen LogP contribution in [0.2, 0.25) is 0 Å². The van der Waals surface area contributed by atoms with Crippen molar-refractivity contribution in [1.29, 1.82) is 0 Å². The lowest BCUT2D eigenvalue weighted by molar-refractivity contribution is 0.0735. The van der Waals surface area contributed by atoms with Gasteiger partial charge in [0.05, 0.1) is 11.6 Å². The smallest absolute Gasteiger partial charge is 0.254 e. The number of hydrogen-bond donors (Lipinski definition) is 1. The van der Waals surface area contributed by atoms with E-state index in [0.717, 1.165) is 33.6 Å². The molecule has 35 heavy (non-hydrogen) atoms. The molecular weight excluding hydrogens is 526 g/mol. The highest BCUT2D eigenvalue weighted by molar-refractivity contribution is 9.10. The summed E-state index contributed by atoms with van der Waals surface area (Å²) in [7, 11) is 0. The van der Waals surface area contributed by atoms with Crippen LogP contribution in [0.25, 0.3) is 11.5 Å². The number of nitrogens with two attached hydrogens (primary N) is 1. The second kappa shape index (κ2) is 9.64. The molecule has 9 heteroatoms. The first kappa shape index (κ1) is 23.8. The molecule has 3 heterocycles. The highest BCUT2D eigenvalue weighted by atomic mass is 79.9. The van der Waals surface area contributed by atoms with Crippen molar-refractivity contribution in [3.8, 4) is 11.5 Å². The first-order chi connectivity index (χ1) is 16.8. The average molecular weight is 552 g/mol. The van der Waals surface area contributed by atoms with Gasteiger partial charge in [-0.1, -0.05) is 46.3 Å². The lowest BCUT2D eigenvalue weighted by Gasteiger charge is -2.23. The Hall–Kier alpha value is -2.88. The van der Waals surface area contributed by atoms with E-state index >= 15 is 0 Å². The van der Waals surface area contributed by atoms with Crippen LogP contribution in [-0.4, -0.2) is 32.5 Å². The zero-order valence-electron chi connectivity index (χ0n) is 19.6. The van der Waals surface area contributed by atoms with Gasteiger partial charge in [-0.05, 0) is 56.9 Å². The van der Waals surface area contributed by atoms with E-state index in [-0.39, 0.29) is 11.9 Å². The van der Waals surface area contributed by atoms with Gasteiger partial charge in [-0.25, -0.2) is 4.98 Å². The van der Waals surface area contributed by atoms with Gasteiger partial charge in [-0.2, -0.15) is 0 Å². The van der Waals surface area contributed by atoms with Crippen LogP contribution in [-0.2, 0) is 12.0 Å². The summed E-state index contributed by atoms with van der Waals surface area (Å²) in [6.45, 7) is 4.56. The molecule has 0 radical (unpaired) electrons. The number of carbonyl (C=O) groups is 1. The lowest BCUT2D eigenvalue weighted by atomic mass is 9.94. The Morgan fingerprint density at radius 1 is 1.26 bits per heavy atom. The van der Waals surface area contributed by atoms with Gasteiger partial charge in [0, 0.05) is 33.2 Å². The summed E-state index contributed by atoms with van der Waals surface area (Å²) >= 11 is 5.16. The summed E-state index contributed by atoms with van der Waals surface area (Å²) in [6.07, 6.45) is 2.44. The molecule has 0 aliphatic carbocycles. The lowest BCUT2D eigenvalue weighted by Crippen LogP contribution is -2.35. The fraction of sp³-hybridized carbons (Fsp3) is 0.308. The maximum atomic E-state index is 13.5. The van der Waals surface area contributed by atoms with Gasteiger partial charge in [-0.15, -0.1) is 21.5 Å². The fourth-order valence-corrected chi connectivity index (χ4v) is 5.90. The topological polar surface area (TPSA) is 98.1 Å². The van der Waals surface area contributed by atoms with Gasteiger partial charge in [-0.3, -0.25) is 4.79 Å². The fourth-order valence-electron chi connectivity index (χ4n) is 4.46. The monoisotopic (exact) mass is 551 g/mol. The number of aromatic nitrogens is 3. The molecule has 2 atom stereocenters. The highest BCUT2D eigenvalue weighted by Gasteiger charge is 2.33. The number of nitrogens with zero attached hydrogens (tertiary/aromatic N) is 4. The summed E-state index contributed by atoms with van der Waals surface area (Å²) in [5.41, 5.74) is 9.03. The van der Waals surface area contributed by atoms with Crippen molar-refractivity contribution in [2.45, 2.75) is 44.7 Å². The quantitative estimate of drug-likeness (QED) is 0.332. The molecule has 0 saturated carbocycles. The van der Waals surface area contributed by atoms with Crippen LogP contribution in [0.1, 0.15) is 58.3 Å². The first-order valence-corrected chi connectivity index (χ1v) is 13.2. The summed E-state index contributed by atoms with van der Waals surface area (Å²) in [5, 5.41) is 11.5. The molecule has 2 aromatic carbocycles. The standard InChI is InChI=1S/C26H26BrN5O2S/c1-16-15-35-23(29-16)21-9-6-10-32(21)24(33)19-11-18(12-20(27)13-19)22-30-31-25(34-22)26(2,28)14-17-7-4-3-5-8-17/h3-5,7-8,11-13,15,21H,6,9-10,14,28H2,1-2H3/t21-,26+/m1/s1. The second-order valence-electron chi connectivity index (χ2n) is 9.20. The molecule has 0 bridgehead atoms. The Bertz CT molecular complexity index is 1350. The highest BCUT2D eigenvalue weighted by Crippen LogP contribution is 2.36. The molecule has 2 aromatic heterocycles. The van der Waals surface area contributed by atoms with Crippen LogP contribution in [0.3, 0.4) is 0 Å². The number of hydrogen-bond acceptors (Lipinski definition) is 7. The number of likely N-dealkylation sites (tertiary alicyclic amines) is 1. The van der Waals surface area contributed by atoms with Gasteiger partial charge in [0.25, 0.3) is 5.91 Å². The van der Waals surface area contributed by atoms with Crippen LogP contribution in [0, 0.1) is 6.92 Å². The molecule has 1 aliphatic rings. The van der Waals surface area contributed by atoms with Gasteiger partial charge in [0.2, 0.25) is 11.8 Å². The van der Waals surface area contributed by atoms with E-state index in [1.165, 1.54) is 0 Å². The molecule has 1 aliphatic heterocycles. The van der Waals surface area contributed by atoms with Crippen molar-refractivity contribution in [2.24, 2.45) is 5.73 Å². The number of aryl methyl sites for hydroxylation is 1. The summed E-state index contributed by atoms with van der Waals surface area (Å²) in [5.74, 6) is 0.645. The third-order valence-electron chi connectivity index (χ3n) is 6.15. The molecule has 0 unspecified atom stereocenters. The van der Waals surface area contributed by atoms with Crippen molar-refractivity contribution in [2.75, 3.05) is 6.54 Å². The molecule has 180 valence electrons. The SMILES string of the molecule is Cc1csc([C@H]2CCCN2C(=O)c2cc(Br)cc(-c3nnc([C@@](C)(N)Cc4ccccc4)o3)c2)n1. The molecule has 2 N–H and O–H groups in total. The van der Waals surface area contributed by atoms with Gasteiger partial charge in [0.15, 0.2) is 0 Å². The Labute approximate surface area is 216 Å². The largest absolute Gasteiger partial charge is 0.419 e. The summed E-state index contributed by atoms with van der Waals surface area (Å²) < 4.78 is 6.78. The molecule has 1 saturated heterocycles. The molecule has 1 amide bonds. The number of rotatable bonds is 6. The van der Waals surface area contributed by atoms with Crippen molar-refractivity contribution in [3.63, 3.8) is 0 Å². The number of amides is 1. The van der Waals surface area contributed by atoms with Gasteiger partial charge in [0.1, 0.15) is 5.01 Å². The van der Waals surface area contributed by atoms with Crippen LogP contribution in [0.15, 0.2) is 62.8 Å². The maximum absolute atomic E-state index is 13.5. The maximum Gasteiger partial charge on any atom is 0.254 e. The summed E-state index contributed by atoms with van der Waals surface area (Å²) in [4.78, 5) is 20.1. The number of carbonyl (C=O) groups excluding carboxylic acids is 1. The predicted molar refractivity (Wildman–Crippen MR) is 139 cm³/mol. The number of benzene rings is 2. The van der Waals surface area contributed by atoms with E-state index in [4.69, 9.17) is 10.2 Å². The van der Waals surface area contributed by atoms with E-state index in [9.17, 15) is 4.79 Å². The van der Waals surface area contributed by atoms with Crippen molar-refractivity contribution in [1.82, 2.24) is 20.1 Å². The minimum absolute atomic E-state index is 0.00886. The predicted octanol–water partition coefficient (Wildman–Crippen LogP) is 5.66. The van der Waals surface area contributed by atoms with Crippen LogP contribution in [0.4, 0.5) is 0 Å². The van der Waals surface area contributed by atoms with Crippen molar-refractivity contribution >= 4 is 33.2 Å². The van der Waals surface area contributed by atoms with E-state index in [0.29, 0.717) is 35.9 Å². The Kier molecular flexibility index (Phi) is 6.57. The molecule has 0 spiro atoms. The molecule has 1 fully saturated rings. The van der Waals surface area contributed by atoms with Crippen LogP contribution in [0.5, 0.6) is 0 Å². The van der Waals surface area contributed by atoms with E-state index in [2.05, 4.69) is 31.1 Å². The molecule has 5 rings (SSSR count). The third kappa shape index (κ3) is 5.07. The van der Waals surface area contributed by atoms with E-state index in [1.54, 1.807) is 17.4 Å². The number of halogens is 1. The Balaban J connectivity index is 1.40. The zero-order valence-corrected chi connectivity index (χ0v) is 22.0. The van der Waals surface area contributed by atoms with Crippen LogP contribution >= 0.6 is 27.3 Å². The molecule has 7 nitrogen and oxygen atoms in total. The first-order valence-electron chi connectivity index (χ1n) is 11.5. The average Bonchev–Trinajstić information content (AvgIpc) is 3.59. The molecular formula is C26H26BrN5O2S. The Morgan fingerprint density at radius 3 is 2.80 bits per heavy atom. The van der Waals surface area contributed by atoms with Gasteiger partial charge < -0.3 is 15.1 Å². The number of thiazole rings is 1. The zero-order chi connectivity index (χ0) is 24.6. The minimum Gasteiger partial charge on any atom is -0.419 e. The third-order valence-corrected chi connectivity index (χ3v) is 7.68. The molecule has 4 aromatic rings. The van der Waals surface area contributed by atoms with Crippen molar-refractivity contribution < 1.29 is 9.21 Å². The van der Waals surface area contributed by atoms with Crippen molar-refractivity contribution in [3.05, 3.63) is 86.1 Å². The summed E-state index contributed by atoms with van der Waals surface area (Å²) in [6, 6.07) is 15.5.